The van der Waals surface area contributed by atoms with Crippen LogP contribution in [0.4, 0.5) is 0 Å². The fourth-order valence-electron chi connectivity index (χ4n) is 6.72. The quantitative estimate of drug-likeness (QED) is 0.133. The average molecular weight is 770 g/mol. The van der Waals surface area contributed by atoms with E-state index in [4.69, 9.17) is 14.7 Å². The number of hydrogen-bond acceptors (Lipinski definition) is 3. The Balaban J connectivity index is 0.00000292. The van der Waals surface area contributed by atoms with E-state index in [1.165, 1.54) is 0 Å². The molecule has 0 amide bonds. The molecule has 218 valence electrons. The second kappa shape index (κ2) is 10.3. The van der Waals surface area contributed by atoms with Crippen LogP contribution in [0.25, 0.3) is 76.9 Å². The smallest absolute Gasteiger partial charge is 0.497 e. The molecule has 0 bridgehead atoms. The van der Waals surface area contributed by atoms with Gasteiger partial charge in [-0.3, -0.25) is 9.97 Å². The molecule has 0 saturated heterocycles. The number of hydrogen-bond donors (Lipinski definition) is 0. The molecular formula is C40H22N4OPt. The zero-order chi connectivity index (χ0) is 29.5. The minimum atomic E-state index is 0. The Kier molecular flexibility index (Phi) is 5.99. The summed E-state index contributed by atoms with van der Waals surface area (Å²) in [5.74, 6) is 1.21. The van der Waals surface area contributed by atoms with Crippen molar-refractivity contribution in [1.29, 1.82) is 0 Å². The Hall–Kier alpha value is -5.51. The van der Waals surface area contributed by atoms with Crippen LogP contribution >= 0.6 is 0 Å². The first-order chi connectivity index (χ1) is 22.3. The van der Waals surface area contributed by atoms with Crippen molar-refractivity contribution in [2.75, 3.05) is 0 Å². The van der Waals surface area contributed by atoms with Gasteiger partial charge in [0.25, 0.3) is 0 Å². The summed E-state index contributed by atoms with van der Waals surface area (Å²) in [7, 11) is 0. The second-order valence-electron chi connectivity index (χ2n) is 11.3. The van der Waals surface area contributed by atoms with Crippen LogP contribution in [-0.2, 0) is 21.1 Å². The molecule has 0 unspecified atom stereocenters. The van der Waals surface area contributed by atoms with Gasteiger partial charge in [0.15, 0.2) is 0 Å². The van der Waals surface area contributed by atoms with Gasteiger partial charge in [0.2, 0.25) is 0 Å². The summed E-state index contributed by atoms with van der Waals surface area (Å²) in [6, 6.07) is 50.7. The van der Waals surface area contributed by atoms with Crippen LogP contribution in [0, 0.1) is 12.1 Å². The number of benzene rings is 6. The van der Waals surface area contributed by atoms with E-state index in [-0.39, 0.29) is 21.1 Å². The number of pyridine rings is 2. The van der Waals surface area contributed by atoms with Gasteiger partial charge >= 0.3 is 21.1 Å². The number of aromatic nitrogens is 4. The van der Waals surface area contributed by atoms with Gasteiger partial charge in [-0.1, -0.05) is 125 Å². The zero-order valence-electron chi connectivity index (χ0n) is 24.2. The van der Waals surface area contributed by atoms with E-state index in [0.29, 0.717) is 11.5 Å². The van der Waals surface area contributed by atoms with E-state index in [1.807, 2.05) is 36.4 Å². The topological polar surface area (TPSA) is 43.8 Å². The summed E-state index contributed by atoms with van der Waals surface area (Å²) in [5, 5.41) is 6.26. The van der Waals surface area contributed by atoms with E-state index in [0.717, 1.165) is 76.9 Å². The molecule has 0 fully saturated rings. The van der Waals surface area contributed by atoms with E-state index in [2.05, 4.69) is 118 Å². The molecule has 0 radical (unpaired) electrons. The standard InChI is InChI=1S/C40H22N4O.Pt/c1-2-10-25(11-3-1)35-24-43-36-15-7-4-12-30(36)28-20-18-26(22-32(28)39(43)42-35)45-27-19-21-29-31-13-5-8-16-37(31)44-38-17-9-6-14-34(38)41-40(44)33(29)23-27;/h1-21,24H;/q-2;+2. The molecule has 6 heteroatoms. The van der Waals surface area contributed by atoms with E-state index in [1.54, 1.807) is 0 Å². The molecule has 10 rings (SSSR count). The summed E-state index contributed by atoms with van der Waals surface area (Å²) in [5.41, 5.74) is 7.92. The number of para-hydroxylation sites is 4. The van der Waals surface area contributed by atoms with Gasteiger partial charge in [-0.25, -0.2) is 0 Å². The fourth-order valence-corrected chi connectivity index (χ4v) is 6.72. The maximum Gasteiger partial charge on any atom is 2.00 e. The van der Waals surface area contributed by atoms with Crippen molar-refractivity contribution in [2.45, 2.75) is 0 Å². The van der Waals surface area contributed by atoms with Gasteiger partial charge in [-0.15, -0.1) is 12.1 Å². The van der Waals surface area contributed by atoms with Crippen LogP contribution in [-0.4, -0.2) is 18.8 Å². The van der Waals surface area contributed by atoms with Gasteiger partial charge < -0.3 is 13.5 Å². The van der Waals surface area contributed by atoms with Crippen molar-refractivity contribution in [3.05, 3.63) is 146 Å². The third kappa shape index (κ3) is 3.92. The SMILES string of the molecule is [Pt+2].[c-]1c(Oc2[c-]c3c(cc2)c2ccccc2n2c4ccccc4nc32)ccc2c1c1nc(-c3ccccc3)cn1c1ccccc21. The third-order valence-electron chi connectivity index (χ3n) is 8.73. The fraction of sp³-hybridized carbons (Fsp3) is 0. The average Bonchev–Trinajstić information content (AvgIpc) is 3.73. The number of nitrogens with zero attached hydrogens (tertiary/aromatic N) is 4. The van der Waals surface area contributed by atoms with Crippen molar-refractivity contribution >= 4 is 65.7 Å². The van der Waals surface area contributed by atoms with E-state index >= 15 is 0 Å². The van der Waals surface area contributed by atoms with E-state index < -0.39 is 0 Å². The summed E-state index contributed by atoms with van der Waals surface area (Å²) in [6.45, 7) is 0. The molecule has 4 heterocycles. The Labute approximate surface area is 277 Å². The normalized spacial score (nSPS) is 11.7. The first-order valence-electron chi connectivity index (χ1n) is 14.9. The molecule has 0 atom stereocenters. The Morgan fingerprint density at radius 2 is 1.09 bits per heavy atom. The largest absolute Gasteiger partial charge is 2.00 e. The van der Waals surface area contributed by atoms with Gasteiger partial charge in [-0.05, 0) is 35.0 Å². The predicted octanol–water partition coefficient (Wildman–Crippen LogP) is 9.81. The van der Waals surface area contributed by atoms with E-state index in [9.17, 15) is 0 Å². The molecule has 0 aliphatic rings. The van der Waals surface area contributed by atoms with Crippen LogP contribution in [0.3, 0.4) is 0 Å². The number of fused-ring (bicyclic) bond motifs is 14. The van der Waals surface area contributed by atoms with Crippen LogP contribution in [0.15, 0.2) is 134 Å². The molecule has 0 saturated carbocycles. The molecule has 0 aliphatic heterocycles. The van der Waals surface area contributed by atoms with Crippen molar-refractivity contribution in [2.24, 2.45) is 0 Å². The molecular weight excluding hydrogens is 748 g/mol. The van der Waals surface area contributed by atoms with Gasteiger partial charge in [0.05, 0.1) is 28.0 Å². The minimum absolute atomic E-state index is 0. The summed E-state index contributed by atoms with van der Waals surface area (Å²) in [4.78, 5) is 10.1. The number of ether oxygens (including phenoxy) is 1. The second-order valence-corrected chi connectivity index (χ2v) is 11.3. The molecule has 6 aromatic carbocycles. The maximum absolute atomic E-state index is 6.50. The van der Waals surface area contributed by atoms with Crippen LogP contribution in [0.5, 0.6) is 11.5 Å². The zero-order valence-corrected chi connectivity index (χ0v) is 26.5. The third-order valence-corrected chi connectivity index (χ3v) is 8.73. The van der Waals surface area contributed by atoms with Crippen LogP contribution < -0.4 is 4.74 Å². The first kappa shape index (κ1) is 26.9. The number of rotatable bonds is 3. The first-order valence-corrected chi connectivity index (χ1v) is 14.9. The van der Waals surface area contributed by atoms with Crippen molar-refractivity contribution in [3.63, 3.8) is 0 Å². The van der Waals surface area contributed by atoms with Crippen molar-refractivity contribution in [1.82, 2.24) is 18.8 Å². The molecule has 0 aliphatic carbocycles. The Morgan fingerprint density at radius 3 is 1.83 bits per heavy atom. The minimum Gasteiger partial charge on any atom is -0.497 e. The Bertz CT molecular complexity index is 2800. The van der Waals surface area contributed by atoms with Crippen molar-refractivity contribution in [3.8, 4) is 22.8 Å². The van der Waals surface area contributed by atoms with Crippen molar-refractivity contribution < 1.29 is 25.8 Å². The maximum atomic E-state index is 6.50. The molecule has 0 spiro atoms. The monoisotopic (exact) mass is 769 g/mol. The van der Waals surface area contributed by atoms with Gasteiger partial charge in [0, 0.05) is 34.3 Å². The molecule has 5 nitrogen and oxygen atoms in total. The number of imidazole rings is 2. The Morgan fingerprint density at radius 1 is 0.500 bits per heavy atom. The predicted molar refractivity (Wildman–Crippen MR) is 181 cm³/mol. The molecule has 0 N–H and O–H groups in total. The molecule has 4 aromatic heterocycles. The van der Waals surface area contributed by atoms with Crippen LogP contribution in [0.1, 0.15) is 0 Å². The summed E-state index contributed by atoms with van der Waals surface area (Å²) < 4.78 is 10.9. The van der Waals surface area contributed by atoms with Gasteiger partial charge in [0.1, 0.15) is 0 Å². The molecule has 46 heavy (non-hydrogen) atoms. The van der Waals surface area contributed by atoms with Gasteiger partial charge in [-0.2, -0.15) is 0 Å². The van der Waals surface area contributed by atoms with Crippen LogP contribution in [0.2, 0.25) is 0 Å². The molecule has 10 aromatic rings. The summed E-state index contributed by atoms with van der Waals surface area (Å²) in [6.07, 6.45) is 2.11. The summed E-state index contributed by atoms with van der Waals surface area (Å²) >= 11 is 0.